The summed E-state index contributed by atoms with van der Waals surface area (Å²) < 4.78 is 24.6. The summed E-state index contributed by atoms with van der Waals surface area (Å²) in [5.74, 6) is 1.16. The summed E-state index contributed by atoms with van der Waals surface area (Å²) in [6, 6.07) is 13.5. The molecule has 0 N–H and O–H groups in total. The number of halogens is 1. The van der Waals surface area contributed by atoms with Gasteiger partial charge in [0.1, 0.15) is 28.8 Å². The van der Waals surface area contributed by atoms with Crippen molar-refractivity contribution >= 4 is 5.91 Å². The fourth-order valence-electron chi connectivity index (χ4n) is 3.39. The Bertz CT molecular complexity index is 756. The summed E-state index contributed by atoms with van der Waals surface area (Å²) in [7, 11) is 1.61. The van der Waals surface area contributed by atoms with Crippen LogP contribution < -0.4 is 9.47 Å². The first-order chi connectivity index (χ1) is 12.5. The lowest BCUT2D eigenvalue weighted by atomic mass is 9.93. The molecular weight excluding hydrogens is 333 g/mol. The summed E-state index contributed by atoms with van der Waals surface area (Å²) in [5.41, 5.74) is 0.0499. The lowest BCUT2D eigenvalue weighted by molar-refractivity contribution is -0.134. The van der Waals surface area contributed by atoms with Crippen molar-refractivity contribution < 1.29 is 18.7 Å². The van der Waals surface area contributed by atoms with E-state index in [0.717, 1.165) is 11.3 Å². The lowest BCUT2D eigenvalue weighted by Crippen LogP contribution is -2.41. The van der Waals surface area contributed by atoms with Crippen LogP contribution in [0, 0.1) is 5.82 Å². The molecule has 4 nitrogen and oxygen atoms in total. The zero-order valence-electron chi connectivity index (χ0n) is 15.4. The Morgan fingerprint density at radius 2 is 1.65 bits per heavy atom. The molecule has 3 rings (SSSR count). The van der Waals surface area contributed by atoms with Crippen molar-refractivity contribution in [2.75, 3.05) is 20.2 Å². The first-order valence-corrected chi connectivity index (χ1v) is 8.91. The molecule has 138 valence electrons. The van der Waals surface area contributed by atoms with Crippen LogP contribution in [0.2, 0.25) is 0 Å². The first kappa shape index (κ1) is 18.2. The minimum Gasteiger partial charge on any atom is -0.497 e. The van der Waals surface area contributed by atoms with E-state index in [4.69, 9.17) is 9.47 Å². The molecule has 0 aliphatic heterocycles. The summed E-state index contributed by atoms with van der Waals surface area (Å²) in [5, 5.41) is 0. The first-order valence-electron chi connectivity index (χ1n) is 8.91. The van der Waals surface area contributed by atoms with E-state index in [1.54, 1.807) is 24.1 Å². The van der Waals surface area contributed by atoms with Gasteiger partial charge in [-0.1, -0.05) is 12.1 Å². The maximum Gasteiger partial charge on any atom is 0.237 e. The largest absolute Gasteiger partial charge is 0.497 e. The predicted octanol–water partition coefficient (Wildman–Crippen LogP) is 3.79. The Morgan fingerprint density at radius 3 is 2.19 bits per heavy atom. The maximum atomic E-state index is 13.4. The molecule has 1 aliphatic rings. The Labute approximate surface area is 153 Å². The number of rotatable bonds is 7. The molecule has 2 aromatic rings. The Hall–Kier alpha value is -2.56. The topological polar surface area (TPSA) is 38.8 Å². The number of carbonyl (C=O) groups is 1. The second-order valence-corrected chi connectivity index (χ2v) is 6.44. The number of carbonyl (C=O) groups excluding carboxylic acids is 1. The van der Waals surface area contributed by atoms with Gasteiger partial charge in [-0.15, -0.1) is 0 Å². The molecule has 5 heteroatoms. The number of ether oxygens (including phenoxy) is 2. The Kier molecular flexibility index (Phi) is 5.16. The third kappa shape index (κ3) is 3.26. The molecule has 1 aliphatic carbocycles. The van der Waals surface area contributed by atoms with Crippen molar-refractivity contribution in [2.45, 2.75) is 31.8 Å². The fraction of sp³-hybridized carbons (Fsp3) is 0.381. The van der Waals surface area contributed by atoms with E-state index in [1.165, 1.54) is 12.1 Å². The van der Waals surface area contributed by atoms with E-state index in [-0.39, 0.29) is 17.8 Å². The van der Waals surface area contributed by atoms with Crippen LogP contribution in [0.4, 0.5) is 4.39 Å². The lowest BCUT2D eigenvalue weighted by Gasteiger charge is -2.26. The Morgan fingerprint density at radius 1 is 1.08 bits per heavy atom. The van der Waals surface area contributed by atoms with Crippen LogP contribution in [0.5, 0.6) is 11.5 Å². The van der Waals surface area contributed by atoms with Crippen molar-refractivity contribution in [3.8, 4) is 11.5 Å². The molecule has 26 heavy (non-hydrogen) atoms. The van der Waals surface area contributed by atoms with E-state index < -0.39 is 5.41 Å². The zero-order chi connectivity index (χ0) is 18.7. The van der Waals surface area contributed by atoms with E-state index >= 15 is 0 Å². The van der Waals surface area contributed by atoms with Crippen LogP contribution in [0.1, 0.15) is 25.8 Å². The van der Waals surface area contributed by atoms with Crippen LogP contribution in [0.25, 0.3) is 0 Å². The van der Waals surface area contributed by atoms with Crippen molar-refractivity contribution in [3.63, 3.8) is 0 Å². The summed E-state index contributed by atoms with van der Waals surface area (Å²) in [4.78, 5) is 15.0. The Balaban J connectivity index is 1.88. The molecule has 0 bridgehead atoms. The molecule has 2 aromatic carbocycles. The van der Waals surface area contributed by atoms with E-state index in [2.05, 4.69) is 0 Å². The van der Waals surface area contributed by atoms with Crippen molar-refractivity contribution in [1.82, 2.24) is 4.90 Å². The van der Waals surface area contributed by atoms with Crippen LogP contribution in [0.15, 0.2) is 48.5 Å². The van der Waals surface area contributed by atoms with Gasteiger partial charge < -0.3 is 14.4 Å². The number of methoxy groups -OCH3 is 1. The van der Waals surface area contributed by atoms with Gasteiger partial charge in [0, 0.05) is 19.5 Å². The highest BCUT2D eigenvalue weighted by molar-refractivity contribution is 5.93. The van der Waals surface area contributed by atoms with Gasteiger partial charge in [-0.25, -0.2) is 4.39 Å². The molecule has 0 saturated heterocycles. The highest BCUT2D eigenvalue weighted by Crippen LogP contribution is 2.52. The van der Waals surface area contributed by atoms with Crippen LogP contribution in [-0.4, -0.2) is 37.1 Å². The van der Waals surface area contributed by atoms with Crippen molar-refractivity contribution in [3.05, 3.63) is 59.9 Å². The third-order valence-electron chi connectivity index (χ3n) is 5.03. The summed E-state index contributed by atoms with van der Waals surface area (Å²) in [6.45, 7) is 5.18. The third-order valence-corrected chi connectivity index (χ3v) is 5.03. The molecule has 0 radical (unpaired) electrons. The molecular formula is C21H24FNO3. The summed E-state index contributed by atoms with van der Waals surface area (Å²) in [6.07, 6.45) is 0.314. The average Bonchev–Trinajstić information content (AvgIpc) is 3.38. The number of hydrogen-bond acceptors (Lipinski definition) is 3. The molecule has 1 saturated carbocycles. The van der Waals surface area contributed by atoms with Gasteiger partial charge >= 0.3 is 0 Å². The molecule has 0 aromatic heterocycles. The predicted molar refractivity (Wildman–Crippen MR) is 98.0 cm³/mol. The number of nitrogens with zero attached hydrogens (tertiary/aromatic N) is 1. The number of hydrogen-bond donors (Lipinski definition) is 0. The van der Waals surface area contributed by atoms with Gasteiger partial charge in [-0.2, -0.15) is 0 Å². The zero-order valence-corrected chi connectivity index (χ0v) is 15.4. The van der Waals surface area contributed by atoms with Gasteiger partial charge in [0.05, 0.1) is 7.11 Å². The van der Waals surface area contributed by atoms with Gasteiger partial charge in [0.15, 0.2) is 0 Å². The fourth-order valence-corrected chi connectivity index (χ4v) is 3.39. The SMILES string of the molecule is CCN(CC)C(=O)[C@]1(c2ccc(F)cc2)C[C@@H]1Oc1ccc(OC)cc1. The number of benzene rings is 2. The summed E-state index contributed by atoms with van der Waals surface area (Å²) >= 11 is 0. The van der Waals surface area contributed by atoms with Crippen LogP contribution in [-0.2, 0) is 10.2 Å². The smallest absolute Gasteiger partial charge is 0.237 e. The molecule has 0 spiro atoms. The highest BCUT2D eigenvalue weighted by Gasteiger charge is 2.64. The number of likely N-dealkylation sites (N-methyl/N-ethyl adjacent to an activating group) is 1. The van der Waals surface area contributed by atoms with E-state index in [0.29, 0.717) is 25.3 Å². The van der Waals surface area contributed by atoms with Gasteiger partial charge in [-0.3, -0.25) is 4.79 Å². The average molecular weight is 357 g/mol. The minimum atomic E-state index is -0.750. The normalized spacial score (nSPS) is 21.2. The van der Waals surface area contributed by atoms with E-state index in [1.807, 2.05) is 38.1 Å². The second-order valence-electron chi connectivity index (χ2n) is 6.44. The highest BCUT2D eigenvalue weighted by atomic mass is 19.1. The van der Waals surface area contributed by atoms with Crippen molar-refractivity contribution in [1.29, 1.82) is 0 Å². The van der Waals surface area contributed by atoms with Crippen molar-refractivity contribution in [2.24, 2.45) is 0 Å². The van der Waals surface area contributed by atoms with E-state index in [9.17, 15) is 9.18 Å². The second kappa shape index (κ2) is 7.36. The molecule has 2 atom stereocenters. The van der Waals surface area contributed by atoms with Gasteiger partial charge in [0.25, 0.3) is 0 Å². The standard InChI is InChI=1S/C21H24FNO3/c1-4-23(5-2)20(24)21(15-6-8-16(22)9-7-15)14-19(21)26-18-12-10-17(25-3)11-13-18/h6-13,19H,4-5,14H2,1-3H3/t19-,21-/m0/s1. The molecule has 1 amide bonds. The number of amides is 1. The quantitative estimate of drug-likeness (QED) is 0.757. The minimum absolute atomic E-state index is 0.0348. The monoisotopic (exact) mass is 357 g/mol. The maximum absolute atomic E-state index is 13.4. The van der Waals surface area contributed by atoms with Crippen LogP contribution in [0.3, 0.4) is 0 Å². The molecule has 1 fully saturated rings. The molecule has 0 heterocycles. The van der Waals surface area contributed by atoms with Crippen LogP contribution >= 0.6 is 0 Å². The van der Waals surface area contributed by atoms with Gasteiger partial charge in [-0.05, 0) is 55.8 Å². The van der Waals surface area contributed by atoms with Gasteiger partial charge in [0.2, 0.25) is 5.91 Å². The molecule has 0 unspecified atom stereocenters.